The van der Waals surface area contributed by atoms with Crippen molar-refractivity contribution >= 4 is 23.8 Å². The molecule has 114 valence electrons. The van der Waals surface area contributed by atoms with Crippen LogP contribution in [-0.4, -0.2) is 41.2 Å². The first-order chi connectivity index (χ1) is 9.55. The van der Waals surface area contributed by atoms with Crippen LogP contribution in [0.1, 0.15) is 44.9 Å². The van der Waals surface area contributed by atoms with Crippen LogP contribution >= 0.6 is 11.8 Å². The van der Waals surface area contributed by atoms with Gasteiger partial charge in [-0.1, -0.05) is 6.42 Å². The van der Waals surface area contributed by atoms with E-state index in [1.165, 1.54) is 0 Å². The van der Waals surface area contributed by atoms with E-state index in [1.54, 1.807) is 0 Å². The fraction of sp³-hybridized carbons (Fsp3) is 0.857. The molecule has 2 saturated carbocycles. The Morgan fingerprint density at radius 1 is 1.25 bits per heavy atom. The first-order valence-corrected chi connectivity index (χ1v) is 8.65. The highest BCUT2D eigenvalue weighted by Gasteiger charge is 2.44. The van der Waals surface area contributed by atoms with Gasteiger partial charge in [0.05, 0.1) is 5.41 Å². The molecular formula is C14H24N2O3S. The lowest BCUT2D eigenvalue weighted by atomic mass is 9.69. The molecule has 0 atom stereocenters. The van der Waals surface area contributed by atoms with Gasteiger partial charge >= 0.3 is 12.0 Å². The number of nitrogens with one attached hydrogen (secondary N) is 2. The third kappa shape index (κ3) is 3.59. The lowest BCUT2D eigenvalue weighted by Gasteiger charge is -2.37. The number of aliphatic carboxylic acids is 1. The van der Waals surface area contributed by atoms with Gasteiger partial charge in [0.25, 0.3) is 0 Å². The number of hydrogen-bond donors (Lipinski definition) is 3. The number of rotatable bonds is 5. The van der Waals surface area contributed by atoms with E-state index in [2.05, 4.69) is 16.9 Å². The van der Waals surface area contributed by atoms with Gasteiger partial charge in [-0.15, -0.1) is 0 Å². The summed E-state index contributed by atoms with van der Waals surface area (Å²) in [6.07, 6.45) is 8.73. The summed E-state index contributed by atoms with van der Waals surface area (Å²) in [4.78, 5) is 23.1. The summed E-state index contributed by atoms with van der Waals surface area (Å²) in [5, 5.41) is 15.6. The van der Waals surface area contributed by atoms with Gasteiger partial charge in [-0.05, 0) is 44.8 Å². The quantitative estimate of drug-likeness (QED) is 0.727. The SMILES string of the molecule is CSC1CCC(NC(=O)NCC2(C(=O)O)CCC2)CC1. The summed E-state index contributed by atoms with van der Waals surface area (Å²) in [6.45, 7) is 0.244. The van der Waals surface area contributed by atoms with Crippen LogP contribution in [0.4, 0.5) is 4.79 Å². The molecule has 2 aliphatic rings. The van der Waals surface area contributed by atoms with Crippen LogP contribution in [0.25, 0.3) is 0 Å². The highest BCUT2D eigenvalue weighted by molar-refractivity contribution is 7.99. The van der Waals surface area contributed by atoms with Crippen molar-refractivity contribution in [2.75, 3.05) is 12.8 Å². The van der Waals surface area contributed by atoms with Crippen molar-refractivity contribution in [1.29, 1.82) is 0 Å². The number of carbonyl (C=O) groups is 2. The minimum atomic E-state index is -0.787. The van der Waals surface area contributed by atoms with Crippen LogP contribution in [0.15, 0.2) is 0 Å². The van der Waals surface area contributed by atoms with Gasteiger partial charge in [0, 0.05) is 17.8 Å². The Morgan fingerprint density at radius 2 is 1.90 bits per heavy atom. The molecule has 2 fully saturated rings. The van der Waals surface area contributed by atoms with E-state index in [0.717, 1.165) is 37.4 Å². The van der Waals surface area contributed by atoms with Crippen molar-refractivity contribution in [2.24, 2.45) is 5.41 Å². The normalized spacial score (nSPS) is 28.2. The van der Waals surface area contributed by atoms with Crippen molar-refractivity contribution < 1.29 is 14.7 Å². The lowest BCUT2D eigenvalue weighted by Crippen LogP contribution is -2.51. The van der Waals surface area contributed by atoms with Crippen molar-refractivity contribution in [2.45, 2.75) is 56.2 Å². The first kappa shape index (κ1) is 15.5. The van der Waals surface area contributed by atoms with Crippen molar-refractivity contribution in [1.82, 2.24) is 10.6 Å². The molecule has 0 bridgehead atoms. The second-order valence-corrected chi connectivity index (χ2v) is 7.11. The average Bonchev–Trinajstić information content (AvgIpc) is 2.38. The molecule has 0 aromatic rings. The van der Waals surface area contributed by atoms with Crippen molar-refractivity contribution in [3.05, 3.63) is 0 Å². The van der Waals surface area contributed by atoms with E-state index in [1.807, 2.05) is 11.8 Å². The highest BCUT2D eigenvalue weighted by Crippen LogP contribution is 2.40. The van der Waals surface area contributed by atoms with E-state index in [9.17, 15) is 14.7 Å². The molecule has 2 aliphatic carbocycles. The fourth-order valence-corrected chi connectivity index (χ4v) is 3.74. The number of carboxylic acids is 1. The third-order valence-corrected chi connectivity index (χ3v) is 5.83. The Morgan fingerprint density at radius 3 is 2.35 bits per heavy atom. The number of urea groups is 1. The number of carboxylic acid groups (broad SMARTS) is 1. The highest BCUT2D eigenvalue weighted by atomic mass is 32.2. The number of amides is 2. The molecular weight excluding hydrogens is 276 g/mol. The summed E-state index contributed by atoms with van der Waals surface area (Å²) in [5.41, 5.74) is -0.714. The molecule has 2 amide bonds. The molecule has 2 rings (SSSR count). The summed E-state index contributed by atoms with van der Waals surface area (Å²) in [7, 11) is 0. The predicted molar refractivity (Wildman–Crippen MR) is 80.0 cm³/mol. The van der Waals surface area contributed by atoms with Crippen LogP contribution in [0.2, 0.25) is 0 Å². The molecule has 0 spiro atoms. The average molecular weight is 300 g/mol. The molecule has 0 saturated heterocycles. The molecule has 0 aliphatic heterocycles. The summed E-state index contributed by atoms with van der Waals surface area (Å²) < 4.78 is 0. The molecule has 0 heterocycles. The van der Waals surface area contributed by atoms with Crippen LogP contribution in [-0.2, 0) is 4.79 Å². The standard InChI is InChI=1S/C14H24N2O3S/c1-20-11-5-3-10(4-6-11)16-13(19)15-9-14(12(17)18)7-2-8-14/h10-11H,2-9H2,1H3,(H,17,18)(H2,15,16,19). The van der Waals surface area contributed by atoms with Gasteiger partial charge in [0.1, 0.15) is 0 Å². The Balaban J connectivity index is 1.69. The topological polar surface area (TPSA) is 78.4 Å². The minimum absolute atomic E-state index is 0.217. The van der Waals surface area contributed by atoms with E-state index in [-0.39, 0.29) is 18.6 Å². The second-order valence-electron chi connectivity index (χ2n) is 5.98. The van der Waals surface area contributed by atoms with Crippen LogP contribution in [0.5, 0.6) is 0 Å². The molecule has 6 heteroatoms. The fourth-order valence-electron chi connectivity index (χ4n) is 3.00. The van der Waals surface area contributed by atoms with Gasteiger partial charge in [-0.3, -0.25) is 4.79 Å². The zero-order valence-electron chi connectivity index (χ0n) is 12.0. The maximum atomic E-state index is 11.9. The van der Waals surface area contributed by atoms with Gasteiger partial charge < -0.3 is 15.7 Å². The van der Waals surface area contributed by atoms with E-state index in [4.69, 9.17) is 0 Å². The van der Waals surface area contributed by atoms with Gasteiger partial charge in [0.2, 0.25) is 0 Å². The number of thioether (sulfide) groups is 1. The Labute approximate surface area is 124 Å². The maximum absolute atomic E-state index is 11.9. The second kappa shape index (κ2) is 6.70. The first-order valence-electron chi connectivity index (χ1n) is 7.36. The van der Waals surface area contributed by atoms with E-state index >= 15 is 0 Å². The van der Waals surface area contributed by atoms with Gasteiger partial charge in [-0.25, -0.2) is 4.79 Å². The van der Waals surface area contributed by atoms with Crippen LogP contribution in [0.3, 0.4) is 0 Å². The molecule has 20 heavy (non-hydrogen) atoms. The largest absolute Gasteiger partial charge is 0.481 e. The monoisotopic (exact) mass is 300 g/mol. The minimum Gasteiger partial charge on any atom is -0.481 e. The lowest BCUT2D eigenvalue weighted by molar-refractivity contribution is -0.153. The number of carbonyl (C=O) groups excluding carboxylic acids is 1. The Kier molecular flexibility index (Phi) is 5.18. The zero-order valence-corrected chi connectivity index (χ0v) is 12.8. The predicted octanol–water partition coefficient (Wildman–Crippen LogP) is 2.21. The maximum Gasteiger partial charge on any atom is 0.315 e. The zero-order chi connectivity index (χ0) is 14.6. The summed E-state index contributed by atoms with van der Waals surface area (Å²) in [5.74, 6) is -0.787. The molecule has 5 nitrogen and oxygen atoms in total. The number of hydrogen-bond acceptors (Lipinski definition) is 3. The van der Waals surface area contributed by atoms with Crippen LogP contribution < -0.4 is 10.6 Å². The van der Waals surface area contributed by atoms with Gasteiger partial charge in [-0.2, -0.15) is 11.8 Å². The molecule has 0 unspecified atom stereocenters. The summed E-state index contributed by atoms with van der Waals surface area (Å²) in [6, 6.07) is 0.0192. The van der Waals surface area contributed by atoms with E-state index < -0.39 is 11.4 Å². The van der Waals surface area contributed by atoms with E-state index in [0.29, 0.717) is 12.8 Å². The van der Waals surface area contributed by atoms with Crippen molar-refractivity contribution in [3.8, 4) is 0 Å². The molecule has 0 radical (unpaired) electrons. The Hall–Kier alpha value is -0.910. The van der Waals surface area contributed by atoms with Crippen LogP contribution in [0, 0.1) is 5.41 Å². The molecule has 3 N–H and O–H groups in total. The summed E-state index contributed by atoms with van der Waals surface area (Å²) >= 11 is 1.90. The Bertz CT molecular complexity index is 363. The third-order valence-electron chi connectivity index (χ3n) is 4.69. The molecule has 0 aromatic heterocycles. The molecule has 0 aromatic carbocycles. The van der Waals surface area contributed by atoms with Crippen molar-refractivity contribution in [3.63, 3.8) is 0 Å². The smallest absolute Gasteiger partial charge is 0.315 e. The van der Waals surface area contributed by atoms with Gasteiger partial charge in [0.15, 0.2) is 0 Å².